The Morgan fingerprint density at radius 3 is 2.31 bits per heavy atom. The number of carbonyl (C=O) groups excluding carboxylic acids is 1. The topological polar surface area (TPSA) is 38.3 Å². The molecule has 0 heterocycles. The minimum absolute atomic E-state index is 0.0309. The molecule has 0 aromatic heterocycles. The van der Waals surface area contributed by atoms with Gasteiger partial charge in [0.1, 0.15) is 0 Å². The molecule has 80 valence electrons. The summed E-state index contributed by atoms with van der Waals surface area (Å²) in [5.74, 6) is 0. The van der Waals surface area contributed by atoms with Crippen molar-refractivity contribution in [1.82, 2.24) is 5.32 Å². The molecule has 1 amide bonds. The first-order valence-corrected chi connectivity index (χ1v) is 5.11. The van der Waals surface area contributed by atoms with Crippen molar-refractivity contribution in [3.05, 3.63) is 0 Å². The summed E-state index contributed by atoms with van der Waals surface area (Å²) in [6.07, 6.45) is 1.75. The van der Waals surface area contributed by atoms with Gasteiger partial charge in [-0.15, -0.1) is 0 Å². The number of amides is 1. The second-order valence-corrected chi connectivity index (χ2v) is 2.73. The quantitative estimate of drug-likeness (QED) is 0.690. The van der Waals surface area contributed by atoms with E-state index in [1.54, 1.807) is 0 Å². The molecule has 13 heavy (non-hydrogen) atoms. The third kappa shape index (κ3) is 14.2. The average Bonchev–Trinajstić information content (AvgIpc) is 2.07. The van der Waals surface area contributed by atoms with E-state index in [1.165, 1.54) is 0 Å². The van der Waals surface area contributed by atoms with Gasteiger partial charge in [-0.25, -0.2) is 4.79 Å². The molecule has 0 aliphatic rings. The van der Waals surface area contributed by atoms with Crippen LogP contribution in [0.3, 0.4) is 0 Å². The van der Waals surface area contributed by atoms with Gasteiger partial charge < -0.3 is 10.1 Å². The Bertz CT molecular complexity index is 113. The van der Waals surface area contributed by atoms with Crippen LogP contribution >= 0.6 is 0 Å². The average molecular weight is 189 g/mol. The van der Waals surface area contributed by atoms with Gasteiger partial charge >= 0.3 is 6.09 Å². The molecule has 1 N–H and O–H groups in total. The summed E-state index contributed by atoms with van der Waals surface area (Å²) in [5.41, 5.74) is 0. The summed E-state index contributed by atoms with van der Waals surface area (Å²) in [4.78, 5) is 10.8. The zero-order chi connectivity index (χ0) is 10.7. The van der Waals surface area contributed by atoms with Crippen LogP contribution in [0.15, 0.2) is 0 Å². The molecule has 3 heteroatoms. The van der Waals surface area contributed by atoms with Crippen LogP contribution < -0.4 is 5.32 Å². The molecular weight excluding hydrogens is 166 g/mol. The number of alkyl carbamates (subject to hydrolysis) is 1. The van der Waals surface area contributed by atoms with Crippen LogP contribution in [0.4, 0.5) is 4.79 Å². The predicted octanol–water partition coefficient (Wildman–Crippen LogP) is 2.95. The molecule has 0 saturated heterocycles. The number of nitrogens with one attached hydrogen (secondary N) is 1. The smallest absolute Gasteiger partial charge is 0.407 e. The minimum Gasteiger partial charge on any atom is -0.447 e. The van der Waals surface area contributed by atoms with Crippen molar-refractivity contribution in [1.29, 1.82) is 0 Å². The highest BCUT2D eigenvalue weighted by molar-refractivity contribution is 5.67. The Labute approximate surface area is 81.9 Å². The molecule has 0 radical (unpaired) electrons. The van der Waals surface area contributed by atoms with E-state index in [0.717, 1.165) is 12.8 Å². The highest BCUT2D eigenvalue weighted by atomic mass is 16.6. The van der Waals surface area contributed by atoms with Crippen LogP contribution in [-0.4, -0.2) is 18.7 Å². The van der Waals surface area contributed by atoms with E-state index >= 15 is 0 Å². The van der Waals surface area contributed by atoms with Gasteiger partial charge in [-0.2, -0.15) is 0 Å². The van der Waals surface area contributed by atoms with Crippen molar-refractivity contribution in [3.8, 4) is 0 Å². The monoisotopic (exact) mass is 189 g/mol. The summed E-state index contributed by atoms with van der Waals surface area (Å²) < 4.78 is 4.85. The fraction of sp³-hybridized carbons (Fsp3) is 0.900. The summed E-state index contributed by atoms with van der Waals surface area (Å²) in [6.45, 7) is 10.5. The Hall–Kier alpha value is -0.730. The van der Waals surface area contributed by atoms with Crippen molar-refractivity contribution in [2.24, 2.45) is 0 Å². The maximum absolute atomic E-state index is 10.8. The molecule has 0 rings (SSSR count). The fourth-order valence-electron chi connectivity index (χ4n) is 0.623. The predicted molar refractivity (Wildman–Crippen MR) is 55.9 cm³/mol. The molecule has 3 nitrogen and oxygen atoms in total. The van der Waals surface area contributed by atoms with E-state index in [9.17, 15) is 4.79 Å². The Balaban J connectivity index is 0. The summed E-state index contributed by atoms with van der Waals surface area (Å²) in [6, 6.07) is 0. The second kappa shape index (κ2) is 11.3. The third-order valence-corrected chi connectivity index (χ3v) is 1.14. The highest BCUT2D eigenvalue weighted by Gasteiger charge is 2.01. The van der Waals surface area contributed by atoms with Crippen molar-refractivity contribution in [3.63, 3.8) is 0 Å². The normalized spacial score (nSPS) is 8.77. The molecule has 0 fully saturated rings. The van der Waals surface area contributed by atoms with Crippen molar-refractivity contribution in [2.45, 2.75) is 53.6 Å². The maximum atomic E-state index is 10.8. The van der Waals surface area contributed by atoms with Gasteiger partial charge in [0.05, 0.1) is 6.10 Å². The minimum atomic E-state index is -0.312. The number of hydrogen-bond acceptors (Lipinski definition) is 2. The van der Waals surface area contributed by atoms with Crippen LogP contribution in [-0.2, 0) is 4.74 Å². The Morgan fingerprint density at radius 1 is 1.38 bits per heavy atom. The zero-order valence-corrected chi connectivity index (χ0v) is 9.52. The zero-order valence-electron chi connectivity index (χ0n) is 9.52. The van der Waals surface area contributed by atoms with Crippen molar-refractivity contribution in [2.75, 3.05) is 6.54 Å². The molecule has 0 bridgehead atoms. The van der Waals surface area contributed by atoms with Gasteiger partial charge in [-0.1, -0.05) is 27.2 Å². The Kier molecular flexibility index (Phi) is 12.8. The van der Waals surface area contributed by atoms with Crippen LogP contribution in [0.2, 0.25) is 0 Å². The second-order valence-electron chi connectivity index (χ2n) is 2.73. The number of carbonyl (C=O) groups is 1. The highest BCUT2D eigenvalue weighted by Crippen LogP contribution is 1.89. The van der Waals surface area contributed by atoms with Crippen LogP contribution in [0, 0.1) is 0 Å². The molecule has 0 atom stereocenters. The van der Waals surface area contributed by atoms with Gasteiger partial charge in [-0.3, -0.25) is 0 Å². The van der Waals surface area contributed by atoms with E-state index in [0.29, 0.717) is 6.54 Å². The first-order valence-electron chi connectivity index (χ1n) is 5.11. The summed E-state index contributed by atoms with van der Waals surface area (Å²) >= 11 is 0. The van der Waals surface area contributed by atoms with Crippen LogP contribution in [0.5, 0.6) is 0 Å². The number of unbranched alkanes of at least 4 members (excludes halogenated alkanes) is 1. The third-order valence-electron chi connectivity index (χ3n) is 1.14. The summed E-state index contributed by atoms with van der Waals surface area (Å²) in [7, 11) is 0. The maximum Gasteiger partial charge on any atom is 0.407 e. The molecule has 0 aliphatic carbocycles. The van der Waals surface area contributed by atoms with Gasteiger partial charge in [0.25, 0.3) is 0 Å². The molecule has 0 unspecified atom stereocenters. The van der Waals surface area contributed by atoms with Gasteiger partial charge in [0.2, 0.25) is 0 Å². The molecule has 0 spiro atoms. The van der Waals surface area contributed by atoms with Crippen molar-refractivity contribution >= 4 is 6.09 Å². The van der Waals surface area contributed by atoms with Crippen LogP contribution in [0.25, 0.3) is 0 Å². The summed E-state index contributed by atoms with van der Waals surface area (Å²) in [5, 5.41) is 2.65. The number of ether oxygens (including phenoxy) is 1. The lowest BCUT2D eigenvalue weighted by atomic mass is 10.3. The van der Waals surface area contributed by atoms with Crippen molar-refractivity contribution < 1.29 is 9.53 Å². The fourth-order valence-corrected chi connectivity index (χ4v) is 0.623. The SMILES string of the molecule is CC.CCCCNC(=O)OC(C)C. The first kappa shape index (κ1) is 14.8. The van der Waals surface area contributed by atoms with E-state index < -0.39 is 0 Å². The molecule has 0 aromatic rings. The molecule has 0 aliphatic heterocycles. The van der Waals surface area contributed by atoms with Crippen LogP contribution in [0.1, 0.15) is 47.5 Å². The molecule has 0 aromatic carbocycles. The lowest BCUT2D eigenvalue weighted by Gasteiger charge is -2.08. The number of rotatable bonds is 4. The largest absolute Gasteiger partial charge is 0.447 e. The first-order chi connectivity index (χ1) is 6.16. The van der Waals surface area contributed by atoms with Gasteiger partial charge in [-0.05, 0) is 20.3 Å². The van der Waals surface area contributed by atoms with E-state index in [-0.39, 0.29) is 12.2 Å². The standard InChI is InChI=1S/C8H17NO2.C2H6/c1-4-5-6-9-8(10)11-7(2)3;1-2/h7H,4-6H2,1-3H3,(H,9,10);1-2H3. The lowest BCUT2D eigenvalue weighted by molar-refractivity contribution is 0.115. The van der Waals surface area contributed by atoms with E-state index in [2.05, 4.69) is 12.2 Å². The van der Waals surface area contributed by atoms with Gasteiger partial charge in [0, 0.05) is 6.54 Å². The Morgan fingerprint density at radius 2 is 1.92 bits per heavy atom. The van der Waals surface area contributed by atoms with E-state index in [4.69, 9.17) is 4.74 Å². The van der Waals surface area contributed by atoms with E-state index in [1.807, 2.05) is 27.7 Å². The lowest BCUT2D eigenvalue weighted by Crippen LogP contribution is -2.27. The molecule has 0 saturated carbocycles. The van der Waals surface area contributed by atoms with Gasteiger partial charge in [0.15, 0.2) is 0 Å². The molecular formula is C10H23NO2. The number of hydrogen-bond donors (Lipinski definition) is 1.